The molecule has 2 atom stereocenters. The van der Waals surface area contributed by atoms with E-state index in [4.69, 9.17) is 0 Å². The lowest BCUT2D eigenvalue weighted by molar-refractivity contribution is -0.384. The van der Waals surface area contributed by atoms with Crippen LogP contribution in [0.1, 0.15) is 61.4 Å². The van der Waals surface area contributed by atoms with Gasteiger partial charge in [0.25, 0.3) is 5.69 Å². The second-order valence-corrected chi connectivity index (χ2v) is 10.5. The third kappa shape index (κ3) is 5.52. The Labute approximate surface area is 195 Å². The number of nitro groups is 1. The molecular weight excluding hydrogens is 442 g/mol. The van der Waals surface area contributed by atoms with Crippen LogP contribution in [0.15, 0.2) is 36.4 Å². The molecule has 0 saturated carbocycles. The highest BCUT2D eigenvalue weighted by Gasteiger charge is 2.32. The molecule has 2 aromatic rings. The van der Waals surface area contributed by atoms with Gasteiger partial charge in [-0.15, -0.1) is 0 Å². The van der Waals surface area contributed by atoms with Crippen LogP contribution in [-0.2, 0) is 27.7 Å². The zero-order valence-electron chi connectivity index (χ0n) is 19.5. The molecule has 0 radical (unpaired) electrons. The van der Waals surface area contributed by atoms with E-state index >= 15 is 0 Å². The highest BCUT2D eigenvalue weighted by molar-refractivity contribution is 7.92. The molecule has 2 aromatic carbocycles. The summed E-state index contributed by atoms with van der Waals surface area (Å²) in [6, 6.07) is 8.94. The molecule has 178 valence electrons. The lowest BCUT2D eigenvalue weighted by Crippen LogP contribution is -2.48. The lowest BCUT2D eigenvalue weighted by Gasteiger charge is -2.31. The second-order valence-electron chi connectivity index (χ2n) is 8.67. The Bertz CT molecular complexity index is 1160. The average molecular weight is 474 g/mol. The number of nitro benzene ring substituents is 1. The standard InChI is InChI=1S/C24H31N3O5S/c1-5-22(20-12-11-18-8-6-7-9-19(18)14-20)25-24(28)17(3)26(33(4,31)32)23-15-21(27(29)30)13-10-16(23)2/h10-15,17,22H,5-9H2,1-4H3,(H,25,28)/t17-,22-/m1/s1. The van der Waals surface area contributed by atoms with Crippen molar-refractivity contribution in [2.45, 2.75) is 65.0 Å². The molecule has 1 amide bonds. The number of hydrogen-bond acceptors (Lipinski definition) is 5. The van der Waals surface area contributed by atoms with E-state index in [0.29, 0.717) is 12.0 Å². The Morgan fingerprint density at radius 3 is 2.42 bits per heavy atom. The molecule has 9 heteroatoms. The van der Waals surface area contributed by atoms with Gasteiger partial charge in [0, 0.05) is 12.1 Å². The molecule has 0 saturated heterocycles. The third-order valence-electron chi connectivity index (χ3n) is 6.23. The Hall–Kier alpha value is -2.94. The third-order valence-corrected chi connectivity index (χ3v) is 7.46. The summed E-state index contributed by atoms with van der Waals surface area (Å²) in [4.78, 5) is 23.9. The van der Waals surface area contributed by atoms with E-state index in [2.05, 4.69) is 17.4 Å². The van der Waals surface area contributed by atoms with Crippen molar-refractivity contribution in [2.24, 2.45) is 0 Å². The minimum Gasteiger partial charge on any atom is -0.347 e. The van der Waals surface area contributed by atoms with Gasteiger partial charge in [-0.3, -0.25) is 19.2 Å². The van der Waals surface area contributed by atoms with Crippen LogP contribution < -0.4 is 9.62 Å². The van der Waals surface area contributed by atoms with Gasteiger partial charge < -0.3 is 5.32 Å². The van der Waals surface area contributed by atoms with Crippen LogP contribution in [0, 0.1) is 17.0 Å². The van der Waals surface area contributed by atoms with Crippen molar-refractivity contribution in [2.75, 3.05) is 10.6 Å². The molecule has 1 N–H and O–H groups in total. The smallest absolute Gasteiger partial charge is 0.271 e. The van der Waals surface area contributed by atoms with Crippen LogP contribution in [-0.4, -0.2) is 31.5 Å². The molecular formula is C24H31N3O5S. The van der Waals surface area contributed by atoms with Gasteiger partial charge in [-0.2, -0.15) is 0 Å². The molecule has 1 aliphatic rings. The van der Waals surface area contributed by atoms with Gasteiger partial charge in [0.05, 0.1) is 22.9 Å². The molecule has 0 spiro atoms. The number of anilines is 1. The van der Waals surface area contributed by atoms with Crippen molar-refractivity contribution in [1.82, 2.24) is 5.32 Å². The Kier molecular flexibility index (Phi) is 7.41. The van der Waals surface area contributed by atoms with Gasteiger partial charge in [-0.25, -0.2) is 8.42 Å². The maximum atomic E-state index is 13.2. The summed E-state index contributed by atoms with van der Waals surface area (Å²) >= 11 is 0. The van der Waals surface area contributed by atoms with Crippen LogP contribution in [0.2, 0.25) is 0 Å². The topological polar surface area (TPSA) is 110 Å². The fraction of sp³-hybridized carbons (Fsp3) is 0.458. The number of carbonyl (C=O) groups is 1. The first-order valence-electron chi connectivity index (χ1n) is 11.2. The van der Waals surface area contributed by atoms with Crippen molar-refractivity contribution in [3.63, 3.8) is 0 Å². The van der Waals surface area contributed by atoms with Gasteiger partial charge in [0.2, 0.25) is 15.9 Å². The molecule has 0 fully saturated rings. The van der Waals surface area contributed by atoms with Gasteiger partial charge in [-0.1, -0.05) is 31.2 Å². The SMILES string of the molecule is CC[C@@H](NC(=O)[C@@H](C)N(c1cc([N+](=O)[O-])ccc1C)S(C)(=O)=O)c1ccc2c(c1)CCCC2. The molecule has 3 rings (SSSR count). The number of amides is 1. The number of fused-ring (bicyclic) bond motifs is 1. The molecule has 0 unspecified atom stereocenters. The minimum absolute atomic E-state index is 0.121. The highest BCUT2D eigenvalue weighted by Crippen LogP contribution is 2.30. The van der Waals surface area contributed by atoms with E-state index in [0.717, 1.165) is 35.4 Å². The number of rotatable bonds is 8. The van der Waals surface area contributed by atoms with Crippen molar-refractivity contribution in [1.29, 1.82) is 0 Å². The minimum atomic E-state index is -3.90. The van der Waals surface area contributed by atoms with Crippen LogP contribution >= 0.6 is 0 Å². The van der Waals surface area contributed by atoms with E-state index in [9.17, 15) is 23.3 Å². The number of hydrogen-bond donors (Lipinski definition) is 1. The first-order chi connectivity index (χ1) is 15.5. The van der Waals surface area contributed by atoms with Crippen molar-refractivity contribution in [3.05, 3.63) is 68.8 Å². The Morgan fingerprint density at radius 2 is 1.82 bits per heavy atom. The van der Waals surface area contributed by atoms with Crippen LogP contribution in [0.4, 0.5) is 11.4 Å². The summed E-state index contributed by atoms with van der Waals surface area (Å²) in [6.45, 7) is 5.12. The van der Waals surface area contributed by atoms with E-state index in [1.165, 1.54) is 42.7 Å². The van der Waals surface area contributed by atoms with Gasteiger partial charge in [-0.05, 0) is 68.2 Å². The summed E-state index contributed by atoms with van der Waals surface area (Å²) in [6.07, 6.45) is 6.08. The van der Waals surface area contributed by atoms with Crippen molar-refractivity contribution in [3.8, 4) is 0 Å². The molecule has 8 nitrogen and oxygen atoms in total. The van der Waals surface area contributed by atoms with Crippen LogP contribution in [0.25, 0.3) is 0 Å². The van der Waals surface area contributed by atoms with Gasteiger partial charge in [0.15, 0.2) is 0 Å². The highest BCUT2D eigenvalue weighted by atomic mass is 32.2. The van der Waals surface area contributed by atoms with E-state index < -0.39 is 26.9 Å². The summed E-state index contributed by atoms with van der Waals surface area (Å²) < 4.78 is 26.3. The predicted molar refractivity (Wildman–Crippen MR) is 129 cm³/mol. The van der Waals surface area contributed by atoms with Crippen LogP contribution in [0.5, 0.6) is 0 Å². The molecule has 1 aliphatic carbocycles. The number of carbonyl (C=O) groups excluding carboxylic acids is 1. The lowest BCUT2D eigenvalue weighted by atomic mass is 9.88. The number of nitrogens with one attached hydrogen (secondary N) is 1. The number of sulfonamides is 1. The van der Waals surface area contributed by atoms with E-state index in [1.807, 2.05) is 13.0 Å². The predicted octanol–water partition coefficient (Wildman–Crippen LogP) is 4.20. The second kappa shape index (κ2) is 9.91. The van der Waals surface area contributed by atoms with Gasteiger partial charge in [0.1, 0.15) is 6.04 Å². The number of benzene rings is 2. The van der Waals surface area contributed by atoms with Gasteiger partial charge >= 0.3 is 0 Å². The van der Waals surface area contributed by atoms with Crippen molar-refractivity contribution >= 4 is 27.3 Å². The molecule has 0 aromatic heterocycles. The fourth-order valence-corrected chi connectivity index (χ4v) is 5.64. The fourth-order valence-electron chi connectivity index (χ4n) is 4.41. The Balaban J connectivity index is 1.89. The molecule has 0 aliphatic heterocycles. The maximum absolute atomic E-state index is 13.2. The number of nitrogens with zero attached hydrogens (tertiary/aromatic N) is 2. The summed E-state index contributed by atoms with van der Waals surface area (Å²) in [5, 5.41) is 14.2. The normalized spacial score (nSPS) is 15.3. The first-order valence-corrected chi connectivity index (χ1v) is 13.0. The Morgan fingerprint density at radius 1 is 1.15 bits per heavy atom. The number of aryl methyl sites for hydroxylation is 3. The summed E-state index contributed by atoms with van der Waals surface area (Å²) in [7, 11) is -3.90. The van der Waals surface area contributed by atoms with Crippen LogP contribution in [0.3, 0.4) is 0 Å². The maximum Gasteiger partial charge on any atom is 0.271 e. The summed E-state index contributed by atoms with van der Waals surface area (Å²) in [5.41, 5.74) is 4.06. The number of non-ortho nitro benzene ring substituents is 1. The van der Waals surface area contributed by atoms with E-state index in [1.54, 1.807) is 6.92 Å². The monoisotopic (exact) mass is 473 g/mol. The van der Waals surface area contributed by atoms with Crippen molar-refractivity contribution < 1.29 is 18.1 Å². The zero-order valence-corrected chi connectivity index (χ0v) is 20.3. The molecule has 0 heterocycles. The first kappa shape index (κ1) is 24.7. The average Bonchev–Trinajstić information content (AvgIpc) is 2.77. The molecule has 33 heavy (non-hydrogen) atoms. The largest absolute Gasteiger partial charge is 0.347 e. The molecule has 0 bridgehead atoms. The van der Waals surface area contributed by atoms with E-state index in [-0.39, 0.29) is 17.4 Å². The quantitative estimate of drug-likeness (QED) is 0.456. The zero-order chi connectivity index (χ0) is 24.3. The summed E-state index contributed by atoms with van der Waals surface area (Å²) in [5.74, 6) is -0.462.